The smallest absolute Gasteiger partial charge is 0.161 e. The third-order valence-electron chi connectivity index (χ3n) is 6.55. The van der Waals surface area contributed by atoms with Gasteiger partial charge in [-0.25, -0.2) is 0 Å². The number of fused-ring (bicyclic) bond motifs is 1. The van der Waals surface area contributed by atoms with Gasteiger partial charge in [-0.2, -0.15) is 0 Å². The molecule has 0 bridgehead atoms. The molecule has 1 aliphatic rings. The third kappa shape index (κ3) is 6.84. The van der Waals surface area contributed by atoms with Crippen LogP contribution in [-0.4, -0.2) is 51.6 Å². The lowest BCUT2D eigenvalue weighted by Crippen LogP contribution is -2.28. The molecule has 2 aromatic rings. The number of Topliss-reactive ketones (excluding diaryl/α,β-unsaturated/α-hetero) is 1. The monoisotopic (exact) mass is 451 g/mol. The first kappa shape index (κ1) is 24.8. The van der Waals surface area contributed by atoms with E-state index in [2.05, 4.69) is 23.6 Å². The van der Waals surface area contributed by atoms with Gasteiger partial charge in [-0.1, -0.05) is 18.2 Å². The zero-order valence-electron chi connectivity index (χ0n) is 20.3. The molecule has 1 atom stereocenters. The van der Waals surface area contributed by atoms with Gasteiger partial charge in [0.1, 0.15) is 11.5 Å². The Labute approximate surface area is 198 Å². The summed E-state index contributed by atoms with van der Waals surface area (Å²) >= 11 is 0. The SMILES string of the molecule is C=CCN(CCCC1CCc2cc(OC)c(OC)cc2CC1=O)CCc1cccc(OC)c1. The second kappa shape index (κ2) is 12.4. The van der Waals surface area contributed by atoms with Crippen LogP contribution in [0.25, 0.3) is 0 Å². The van der Waals surface area contributed by atoms with E-state index in [-0.39, 0.29) is 5.92 Å². The molecule has 1 unspecified atom stereocenters. The maximum atomic E-state index is 13.0. The molecule has 5 heteroatoms. The van der Waals surface area contributed by atoms with Gasteiger partial charge in [-0.05, 0) is 79.6 Å². The molecule has 0 saturated carbocycles. The first-order valence-electron chi connectivity index (χ1n) is 11.8. The molecule has 0 heterocycles. The minimum atomic E-state index is 0.110. The molecule has 0 amide bonds. The van der Waals surface area contributed by atoms with Crippen LogP contribution in [0, 0.1) is 5.92 Å². The second-order valence-electron chi connectivity index (χ2n) is 8.69. The van der Waals surface area contributed by atoms with E-state index in [1.165, 1.54) is 11.1 Å². The molecule has 178 valence electrons. The lowest BCUT2D eigenvalue weighted by molar-refractivity contribution is -0.122. The molecular formula is C28H37NO4. The van der Waals surface area contributed by atoms with E-state index in [0.717, 1.165) is 68.8 Å². The van der Waals surface area contributed by atoms with Crippen molar-refractivity contribution in [3.63, 3.8) is 0 Å². The van der Waals surface area contributed by atoms with Crippen LogP contribution in [0.5, 0.6) is 17.2 Å². The fourth-order valence-electron chi connectivity index (χ4n) is 4.64. The number of methoxy groups -OCH3 is 3. The average molecular weight is 452 g/mol. The molecule has 0 saturated heterocycles. The lowest BCUT2D eigenvalue weighted by Gasteiger charge is -2.22. The van der Waals surface area contributed by atoms with Gasteiger partial charge < -0.3 is 14.2 Å². The number of benzene rings is 2. The van der Waals surface area contributed by atoms with Crippen molar-refractivity contribution >= 4 is 5.78 Å². The van der Waals surface area contributed by atoms with E-state index in [1.807, 2.05) is 30.3 Å². The second-order valence-corrected chi connectivity index (χ2v) is 8.69. The van der Waals surface area contributed by atoms with Crippen LogP contribution in [-0.2, 0) is 24.1 Å². The fourth-order valence-corrected chi connectivity index (χ4v) is 4.64. The van der Waals surface area contributed by atoms with Crippen molar-refractivity contribution in [2.45, 2.75) is 38.5 Å². The highest BCUT2D eigenvalue weighted by Crippen LogP contribution is 2.34. The fraction of sp³-hybridized carbons (Fsp3) is 0.464. The molecule has 0 fully saturated rings. The standard InChI is InChI=1S/C28H37NO4/c1-5-14-29(16-13-21-8-6-10-25(17-21)31-2)15-7-9-22-11-12-23-19-27(32-3)28(33-4)20-24(23)18-26(22)30/h5-6,8,10,17,19-20,22H,1,7,9,11-16,18H2,2-4H3. The lowest BCUT2D eigenvalue weighted by atomic mass is 9.93. The molecule has 1 aliphatic carbocycles. The molecule has 0 N–H and O–H groups in total. The van der Waals surface area contributed by atoms with Crippen LogP contribution < -0.4 is 14.2 Å². The predicted octanol–water partition coefficient (Wildman–Crippen LogP) is 4.90. The number of carbonyl (C=O) groups excluding carboxylic acids is 1. The van der Waals surface area contributed by atoms with Crippen LogP contribution in [0.3, 0.4) is 0 Å². The molecule has 33 heavy (non-hydrogen) atoms. The topological polar surface area (TPSA) is 48.0 Å². The van der Waals surface area contributed by atoms with Crippen LogP contribution in [0.1, 0.15) is 36.0 Å². The molecule has 0 radical (unpaired) electrons. The Morgan fingerprint density at radius 3 is 2.48 bits per heavy atom. The number of ketones is 1. The van der Waals surface area contributed by atoms with Crippen molar-refractivity contribution in [1.29, 1.82) is 0 Å². The van der Waals surface area contributed by atoms with E-state index < -0.39 is 0 Å². The molecule has 0 spiro atoms. The van der Waals surface area contributed by atoms with Crippen LogP contribution in [0.15, 0.2) is 49.1 Å². The number of hydrogen-bond acceptors (Lipinski definition) is 5. The van der Waals surface area contributed by atoms with Crippen molar-refractivity contribution in [2.75, 3.05) is 41.0 Å². The van der Waals surface area contributed by atoms with Crippen molar-refractivity contribution in [2.24, 2.45) is 5.92 Å². The van der Waals surface area contributed by atoms with Gasteiger partial charge in [-0.3, -0.25) is 9.69 Å². The van der Waals surface area contributed by atoms with Gasteiger partial charge in [0, 0.05) is 25.4 Å². The molecule has 2 aromatic carbocycles. The first-order chi connectivity index (χ1) is 16.1. The Balaban J connectivity index is 1.53. The Bertz CT molecular complexity index is 939. The van der Waals surface area contributed by atoms with Crippen LogP contribution in [0.4, 0.5) is 0 Å². The van der Waals surface area contributed by atoms with Gasteiger partial charge in [0.25, 0.3) is 0 Å². The highest BCUT2D eigenvalue weighted by molar-refractivity contribution is 5.84. The van der Waals surface area contributed by atoms with E-state index in [4.69, 9.17) is 14.2 Å². The van der Waals surface area contributed by atoms with E-state index >= 15 is 0 Å². The summed E-state index contributed by atoms with van der Waals surface area (Å²) in [6, 6.07) is 12.2. The maximum absolute atomic E-state index is 13.0. The molecule has 0 aromatic heterocycles. The maximum Gasteiger partial charge on any atom is 0.161 e. The van der Waals surface area contributed by atoms with E-state index in [1.54, 1.807) is 21.3 Å². The predicted molar refractivity (Wildman–Crippen MR) is 133 cm³/mol. The zero-order valence-corrected chi connectivity index (χ0v) is 20.3. The van der Waals surface area contributed by atoms with Crippen molar-refractivity contribution < 1.29 is 19.0 Å². The highest BCUT2D eigenvalue weighted by Gasteiger charge is 2.25. The third-order valence-corrected chi connectivity index (χ3v) is 6.55. The minimum absolute atomic E-state index is 0.110. The number of aryl methyl sites for hydroxylation is 1. The van der Waals surface area contributed by atoms with Gasteiger partial charge in [-0.15, -0.1) is 6.58 Å². The van der Waals surface area contributed by atoms with Crippen LogP contribution in [0.2, 0.25) is 0 Å². The van der Waals surface area contributed by atoms with Crippen molar-refractivity contribution in [3.05, 3.63) is 65.7 Å². The van der Waals surface area contributed by atoms with Gasteiger partial charge in [0.05, 0.1) is 21.3 Å². The normalized spacial score (nSPS) is 15.6. The summed E-state index contributed by atoms with van der Waals surface area (Å²) in [6.07, 6.45) is 7.13. The van der Waals surface area contributed by atoms with E-state index in [0.29, 0.717) is 18.0 Å². The number of carbonyl (C=O) groups is 1. The summed E-state index contributed by atoms with van der Waals surface area (Å²) in [5, 5.41) is 0. The molecule has 3 rings (SSSR count). The molecule has 0 aliphatic heterocycles. The number of hydrogen-bond donors (Lipinski definition) is 0. The van der Waals surface area contributed by atoms with E-state index in [9.17, 15) is 4.79 Å². The van der Waals surface area contributed by atoms with Gasteiger partial charge in [0.2, 0.25) is 0 Å². The Morgan fingerprint density at radius 1 is 1.03 bits per heavy atom. The summed E-state index contributed by atoms with van der Waals surface area (Å²) in [5.74, 6) is 2.77. The Hall–Kier alpha value is -2.79. The summed E-state index contributed by atoms with van der Waals surface area (Å²) in [7, 11) is 4.98. The first-order valence-corrected chi connectivity index (χ1v) is 11.8. The quantitative estimate of drug-likeness (QED) is 0.339. The Morgan fingerprint density at radius 2 is 1.79 bits per heavy atom. The van der Waals surface area contributed by atoms with Crippen molar-refractivity contribution in [3.8, 4) is 17.2 Å². The zero-order chi connectivity index (χ0) is 23.6. The summed E-state index contributed by atoms with van der Waals surface area (Å²) in [6.45, 7) is 6.70. The number of nitrogens with zero attached hydrogens (tertiary/aromatic N) is 1. The minimum Gasteiger partial charge on any atom is -0.497 e. The highest BCUT2D eigenvalue weighted by atomic mass is 16.5. The number of ether oxygens (including phenoxy) is 3. The Kier molecular flexibility index (Phi) is 9.37. The molecular weight excluding hydrogens is 414 g/mol. The van der Waals surface area contributed by atoms with Crippen LogP contribution >= 0.6 is 0 Å². The summed E-state index contributed by atoms with van der Waals surface area (Å²) < 4.78 is 16.2. The van der Waals surface area contributed by atoms with Crippen molar-refractivity contribution in [1.82, 2.24) is 4.90 Å². The average Bonchev–Trinajstić information content (AvgIpc) is 2.99. The largest absolute Gasteiger partial charge is 0.497 e. The summed E-state index contributed by atoms with van der Waals surface area (Å²) in [5.41, 5.74) is 3.55. The number of rotatable bonds is 12. The molecule has 5 nitrogen and oxygen atoms in total. The van der Waals surface area contributed by atoms with Gasteiger partial charge in [0.15, 0.2) is 11.5 Å². The summed E-state index contributed by atoms with van der Waals surface area (Å²) in [4.78, 5) is 15.4. The van der Waals surface area contributed by atoms with Gasteiger partial charge >= 0.3 is 0 Å².